The summed E-state index contributed by atoms with van der Waals surface area (Å²) in [5.74, 6) is 1.54. The number of para-hydroxylation sites is 1. The van der Waals surface area contributed by atoms with Gasteiger partial charge in [0.15, 0.2) is 0 Å². The Morgan fingerprint density at radius 2 is 1.85 bits per heavy atom. The minimum Gasteiger partial charge on any atom is -0.341 e. The monoisotopic (exact) mass is 359 g/mol. The van der Waals surface area contributed by atoms with Crippen molar-refractivity contribution in [2.75, 3.05) is 0 Å². The summed E-state index contributed by atoms with van der Waals surface area (Å²) in [6, 6.07) is 14.9. The molecule has 2 aliphatic carbocycles. The van der Waals surface area contributed by atoms with Gasteiger partial charge in [0, 0.05) is 34.3 Å². The summed E-state index contributed by atoms with van der Waals surface area (Å²) in [4.78, 5) is 12.4. The smallest absolute Gasteiger partial charge is 0.243 e. The zero-order valence-corrected chi connectivity index (χ0v) is 15.7. The van der Waals surface area contributed by atoms with Crippen molar-refractivity contribution < 1.29 is 4.79 Å². The molecule has 138 valence electrons. The standard InChI is InChI=1S/C23H25N3O/c1-2-26-20-10-6-5-7-16(20)19-13-15(11-12-21(19)26)14-24-25-23(27)22-17-8-3-4-9-18(17)22/h5-7,10-14,17-18,22H,2-4,8-9H2,1H3,(H,25,27). The van der Waals surface area contributed by atoms with Gasteiger partial charge in [0.05, 0.1) is 6.21 Å². The van der Waals surface area contributed by atoms with E-state index in [1.54, 1.807) is 6.21 Å². The molecule has 4 heteroatoms. The van der Waals surface area contributed by atoms with Gasteiger partial charge in [-0.25, -0.2) is 5.43 Å². The van der Waals surface area contributed by atoms with Crippen molar-refractivity contribution in [3.05, 3.63) is 48.0 Å². The number of hydrazone groups is 1. The molecular formula is C23H25N3O. The largest absolute Gasteiger partial charge is 0.341 e. The number of rotatable bonds is 4. The first-order valence-corrected chi connectivity index (χ1v) is 10.1. The molecular weight excluding hydrogens is 334 g/mol. The fraction of sp³-hybridized carbons (Fsp3) is 0.391. The maximum atomic E-state index is 12.4. The molecule has 2 aliphatic rings. The Bertz CT molecular complexity index is 1040. The van der Waals surface area contributed by atoms with Crippen LogP contribution in [0.5, 0.6) is 0 Å². The van der Waals surface area contributed by atoms with Crippen molar-refractivity contribution in [3.8, 4) is 0 Å². The van der Waals surface area contributed by atoms with Crippen LogP contribution in [0.25, 0.3) is 21.8 Å². The van der Waals surface area contributed by atoms with Gasteiger partial charge in [0.25, 0.3) is 0 Å². The molecule has 0 saturated heterocycles. The summed E-state index contributed by atoms with van der Waals surface area (Å²) < 4.78 is 2.34. The second-order valence-corrected chi connectivity index (χ2v) is 7.91. The van der Waals surface area contributed by atoms with E-state index in [4.69, 9.17) is 0 Å². The Balaban J connectivity index is 1.37. The summed E-state index contributed by atoms with van der Waals surface area (Å²) in [6.45, 7) is 3.11. The lowest BCUT2D eigenvalue weighted by atomic mass is 10.0. The first-order valence-electron chi connectivity index (χ1n) is 10.1. The normalized spacial score (nSPS) is 24.4. The topological polar surface area (TPSA) is 46.4 Å². The molecule has 0 spiro atoms. The molecule has 1 heterocycles. The fourth-order valence-electron chi connectivity index (χ4n) is 5.12. The zero-order chi connectivity index (χ0) is 18.4. The molecule has 0 bridgehead atoms. The molecule has 2 unspecified atom stereocenters. The third-order valence-corrected chi connectivity index (χ3v) is 6.46. The lowest BCUT2D eigenvalue weighted by Crippen LogP contribution is -2.20. The van der Waals surface area contributed by atoms with Crippen molar-refractivity contribution in [2.24, 2.45) is 22.9 Å². The number of aryl methyl sites for hydroxylation is 1. The van der Waals surface area contributed by atoms with Crippen LogP contribution < -0.4 is 5.43 Å². The fourth-order valence-corrected chi connectivity index (χ4v) is 5.12. The number of nitrogens with one attached hydrogen (secondary N) is 1. The summed E-state index contributed by atoms with van der Waals surface area (Å²) in [7, 11) is 0. The predicted molar refractivity (Wildman–Crippen MR) is 110 cm³/mol. The Morgan fingerprint density at radius 3 is 2.63 bits per heavy atom. The lowest BCUT2D eigenvalue weighted by molar-refractivity contribution is -0.122. The Morgan fingerprint density at radius 1 is 1.11 bits per heavy atom. The molecule has 5 rings (SSSR count). The van der Waals surface area contributed by atoms with Crippen LogP contribution in [0.1, 0.15) is 38.2 Å². The van der Waals surface area contributed by atoms with E-state index in [-0.39, 0.29) is 11.8 Å². The second kappa shape index (κ2) is 6.52. The number of benzene rings is 2. The third kappa shape index (κ3) is 2.75. The molecule has 0 aliphatic heterocycles. The molecule has 27 heavy (non-hydrogen) atoms. The number of fused-ring (bicyclic) bond motifs is 4. The van der Waals surface area contributed by atoms with Crippen molar-refractivity contribution >= 4 is 33.9 Å². The molecule has 1 amide bonds. The van der Waals surface area contributed by atoms with Crippen LogP contribution in [0.3, 0.4) is 0 Å². The van der Waals surface area contributed by atoms with Crippen LogP contribution in [0, 0.1) is 17.8 Å². The highest BCUT2D eigenvalue weighted by molar-refractivity contribution is 6.09. The maximum absolute atomic E-state index is 12.4. The number of nitrogens with zero attached hydrogens (tertiary/aromatic N) is 2. The Hall–Kier alpha value is -2.62. The molecule has 2 atom stereocenters. The van der Waals surface area contributed by atoms with E-state index in [0.29, 0.717) is 11.8 Å². The number of carbonyl (C=O) groups is 1. The van der Waals surface area contributed by atoms with E-state index in [1.165, 1.54) is 47.5 Å². The first kappa shape index (κ1) is 16.5. The van der Waals surface area contributed by atoms with Gasteiger partial charge in [0.1, 0.15) is 0 Å². The minimum absolute atomic E-state index is 0.104. The number of aromatic nitrogens is 1. The summed E-state index contributed by atoms with van der Waals surface area (Å²) in [5, 5.41) is 6.74. The number of carbonyl (C=O) groups excluding carboxylic acids is 1. The van der Waals surface area contributed by atoms with E-state index in [0.717, 1.165) is 12.1 Å². The molecule has 4 nitrogen and oxygen atoms in total. The van der Waals surface area contributed by atoms with Crippen LogP contribution in [0.4, 0.5) is 0 Å². The van der Waals surface area contributed by atoms with Gasteiger partial charge in [-0.3, -0.25) is 4.79 Å². The molecule has 2 fully saturated rings. The van der Waals surface area contributed by atoms with Gasteiger partial charge >= 0.3 is 0 Å². The SMILES string of the molecule is CCn1c2ccccc2c2cc(C=NNC(=O)C3C4CCCCC43)ccc21. The number of amides is 1. The van der Waals surface area contributed by atoms with Crippen LogP contribution in [-0.2, 0) is 11.3 Å². The third-order valence-electron chi connectivity index (χ3n) is 6.46. The van der Waals surface area contributed by atoms with Crippen LogP contribution in [0.2, 0.25) is 0 Å². The van der Waals surface area contributed by atoms with E-state index < -0.39 is 0 Å². The maximum Gasteiger partial charge on any atom is 0.243 e. The number of hydrogen-bond acceptors (Lipinski definition) is 2. The van der Waals surface area contributed by atoms with Crippen molar-refractivity contribution in [3.63, 3.8) is 0 Å². The van der Waals surface area contributed by atoms with Crippen LogP contribution >= 0.6 is 0 Å². The van der Waals surface area contributed by atoms with E-state index in [1.807, 2.05) is 0 Å². The van der Waals surface area contributed by atoms with Gasteiger partial charge in [-0.2, -0.15) is 5.10 Å². The zero-order valence-electron chi connectivity index (χ0n) is 15.7. The summed E-state index contributed by atoms with van der Waals surface area (Å²) in [6.07, 6.45) is 6.75. The molecule has 0 radical (unpaired) electrons. The van der Waals surface area contributed by atoms with Gasteiger partial charge < -0.3 is 4.57 Å². The molecule has 1 N–H and O–H groups in total. The highest BCUT2D eigenvalue weighted by Crippen LogP contribution is 2.55. The van der Waals surface area contributed by atoms with Crippen molar-refractivity contribution in [2.45, 2.75) is 39.2 Å². The Kier molecular flexibility index (Phi) is 4.00. The van der Waals surface area contributed by atoms with E-state index in [9.17, 15) is 4.79 Å². The van der Waals surface area contributed by atoms with E-state index >= 15 is 0 Å². The summed E-state index contributed by atoms with van der Waals surface area (Å²) >= 11 is 0. The van der Waals surface area contributed by atoms with Gasteiger partial charge in [-0.15, -0.1) is 0 Å². The van der Waals surface area contributed by atoms with Crippen molar-refractivity contribution in [1.82, 2.24) is 9.99 Å². The van der Waals surface area contributed by atoms with Gasteiger partial charge in [0.2, 0.25) is 5.91 Å². The van der Waals surface area contributed by atoms with Crippen LogP contribution in [0.15, 0.2) is 47.6 Å². The first-order chi connectivity index (χ1) is 13.3. The summed E-state index contributed by atoms with van der Waals surface area (Å²) in [5.41, 5.74) is 6.28. The Labute approximate surface area is 159 Å². The second-order valence-electron chi connectivity index (χ2n) is 7.91. The molecule has 2 saturated carbocycles. The van der Waals surface area contributed by atoms with Crippen molar-refractivity contribution in [1.29, 1.82) is 0 Å². The quantitative estimate of drug-likeness (QED) is 0.533. The number of hydrogen-bond donors (Lipinski definition) is 1. The predicted octanol–water partition coefficient (Wildman–Crippen LogP) is 4.70. The average Bonchev–Trinajstić information content (AvgIpc) is 3.36. The minimum atomic E-state index is 0.104. The lowest BCUT2D eigenvalue weighted by Gasteiger charge is -2.04. The van der Waals surface area contributed by atoms with E-state index in [2.05, 4.69) is 64.5 Å². The van der Waals surface area contributed by atoms with Gasteiger partial charge in [-0.1, -0.05) is 37.1 Å². The highest BCUT2D eigenvalue weighted by atomic mass is 16.2. The molecule has 1 aromatic heterocycles. The average molecular weight is 359 g/mol. The highest BCUT2D eigenvalue weighted by Gasteiger charge is 2.54. The van der Waals surface area contributed by atoms with Crippen LogP contribution in [-0.4, -0.2) is 16.7 Å². The molecule has 3 aromatic rings. The van der Waals surface area contributed by atoms with Gasteiger partial charge in [-0.05, 0) is 55.4 Å². The molecule has 2 aromatic carbocycles.